The van der Waals surface area contributed by atoms with Crippen LogP contribution in [0.2, 0.25) is 0 Å². The van der Waals surface area contributed by atoms with E-state index in [0.29, 0.717) is 12.2 Å². The van der Waals surface area contributed by atoms with Crippen molar-refractivity contribution in [1.29, 1.82) is 0 Å². The topological polar surface area (TPSA) is 60.5 Å². The van der Waals surface area contributed by atoms with E-state index >= 15 is 0 Å². The third-order valence-corrected chi connectivity index (χ3v) is 4.14. The lowest BCUT2D eigenvalue weighted by atomic mass is 10.0. The fourth-order valence-electron chi connectivity index (χ4n) is 2.87. The van der Waals surface area contributed by atoms with E-state index in [1.807, 2.05) is 61.5 Å². The van der Waals surface area contributed by atoms with Crippen LogP contribution in [0.4, 0.5) is 0 Å². The molecular weight excluding hydrogens is 328 g/mol. The van der Waals surface area contributed by atoms with E-state index in [-0.39, 0.29) is 11.9 Å². The molecule has 0 radical (unpaired) electrons. The van der Waals surface area contributed by atoms with Gasteiger partial charge in [-0.3, -0.25) is 4.79 Å². The Balaban J connectivity index is 2.04. The van der Waals surface area contributed by atoms with Crippen molar-refractivity contribution in [2.45, 2.75) is 13.0 Å². The number of pyridine rings is 1. The Hall–Kier alpha value is -2.92. The van der Waals surface area contributed by atoms with Crippen LogP contribution in [0.1, 0.15) is 17.3 Å². The van der Waals surface area contributed by atoms with E-state index in [0.717, 1.165) is 27.9 Å². The predicted octanol–water partition coefficient (Wildman–Crippen LogP) is 3.68. The SMILES string of the molecule is COC[C@H](C)NC(=O)c1cc(-c2ccc(OC)cc2)nc2ccccc12. The highest BCUT2D eigenvalue weighted by molar-refractivity contribution is 6.07. The number of fused-ring (bicyclic) bond motifs is 1. The molecule has 5 heteroatoms. The van der Waals surface area contributed by atoms with Gasteiger partial charge in [0.2, 0.25) is 0 Å². The second-order valence-electron chi connectivity index (χ2n) is 6.13. The van der Waals surface area contributed by atoms with Crippen LogP contribution in [-0.2, 0) is 4.74 Å². The molecule has 0 fully saturated rings. The number of benzene rings is 2. The quantitative estimate of drug-likeness (QED) is 0.737. The van der Waals surface area contributed by atoms with Crippen LogP contribution in [0.5, 0.6) is 5.75 Å². The Morgan fingerprint density at radius 1 is 1.12 bits per heavy atom. The molecule has 5 nitrogen and oxygen atoms in total. The Labute approximate surface area is 153 Å². The fraction of sp³-hybridized carbons (Fsp3) is 0.238. The highest BCUT2D eigenvalue weighted by atomic mass is 16.5. The molecule has 0 saturated carbocycles. The molecule has 3 rings (SSSR count). The van der Waals surface area contributed by atoms with Gasteiger partial charge >= 0.3 is 0 Å². The van der Waals surface area contributed by atoms with Crippen molar-refractivity contribution in [1.82, 2.24) is 10.3 Å². The first kappa shape index (κ1) is 17.9. The van der Waals surface area contributed by atoms with Crippen molar-refractivity contribution < 1.29 is 14.3 Å². The number of ether oxygens (including phenoxy) is 2. The highest BCUT2D eigenvalue weighted by Crippen LogP contribution is 2.26. The number of carbonyl (C=O) groups is 1. The third-order valence-electron chi connectivity index (χ3n) is 4.14. The molecule has 1 amide bonds. The maximum absolute atomic E-state index is 12.8. The summed E-state index contributed by atoms with van der Waals surface area (Å²) in [6, 6.07) is 17.0. The molecule has 1 N–H and O–H groups in total. The molecule has 26 heavy (non-hydrogen) atoms. The minimum Gasteiger partial charge on any atom is -0.497 e. The van der Waals surface area contributed by atoms with Gasteiger partial charge < -0.3 is 14.8 Å². The van der Waals surface area contributed by atoms with Gasteiger partial charge in [-0.15, -0.1) is 0 Å². The Bertz CT molecular complexity index is 907. The summed E-state index contributed by atoms with van der Waals surface area (Å²) in [7, 11) is 3.25. The summed E-state index contributed by atoms with van der Waals surface area (Å²) in [6.45, 7) is 2.37. The van der Waals surface area contributed by atoms with Gasteiger partial charge in [0.15, 0.2) is 0 Å². The van der Waals surface area contributed by atoms with Crippen LogP contribution in [0, 0.1) is 0 Å². The minimum absolute atomic E-state index is 0.0798. The summed E-state index contributed by atoms with van der Waals surface area (Å²) >= 11 is 0. The van der Waals surface area contributed by atoms with Crippen molar-refractivity contribution >= 4 is 16.8 Å². The fourth-order valence-corrected chi connectivity index (χ4v) is 2.87. The first-order valence-electron chi connectivity index (χ1n) is 8.46. The number of amides is 1. The van der Waals surface area contributed by atoms with Gasteiger partial charge in [0, 0.05) is 24.1 Å². The normalized spacial score (nSPS) is 12.0. The number of aromatic nitrogens is 1. The molecule has 2 aromatic carbocycles. The standard InChI is InChI=1S/C21H22N2O3/c1-14(13-25-2)22-21(24)18-12-20(15-8-10-16(26-3)11-9-15)23-19-7-5-4-6-17(18)19/h4-12,14H,13H2,1-3H3,(H,22,24)/t14-/m0/s1. The van der Waals surface area contributed by atoms with Gasteiger partial charge in [-0.1, -0.05) is 18.2 Å². The maximum atomic E-state index is 12.8. The molecule has 3 aromatic rings. The van der Waals surface area contributed by atoms with Crippen molar-refractivity contribution in [3.8, 4) is 17.0 Å². The predicted molar refractivity (Wildman–Crippen MR) is 103 cm³/mol. The summed E-state index contributed by atoms with van der Waals surface area (Å²) in [5.41, 5.74) is 3.06. The monoisotopic (exact) mass is 350 g/mol. The largest absolute Gasteiger partial charge is 0.497 e. The first-order valence-corrected chi connectivity index (χ1v) is 8.46. The minimum atomic E-state index is -0.136. The maximum Gasteiger partial charge on any atom is 0.252 e. The van der Waals surface area contributed by atoms with Crippen LogP contribution < -0.4 is 10.1 Å². The zero-order valence-corrected chi connectivity index (χ0v) is 15.2. The molecule has 0 aliphatic rings. The third kappa shape index (κ3) is 3.83. The summed E-state index contributed by atoms with van der Waals surface area (Å²) in [5.74, 6) is 0.642. The summed E-state index contributed by atoms with van der Waals surface area (Å²) in [4.78, 5) is 17.5. The van der Waals surface area contributed by atoms with Gasteiger partial charge in [-0.25, -0.2) is 4.98 Å². The molecule has 1 aromatic heterocycles. The van der Waals surface area contributed by atoms with E-state index < -0.39 is 0 Å². The van der Waals surface area contributed by atoms with Crippen LogP contribution in [0.25, 0.3) is 22.2 Å². The van der Waals surface area contributed by atoms with Gasteiger partial charge in [-0.05, 0) is 43.3 Å². The molecule has 1 heterocycles. The van der Waals surface area contributed by atoms with Crippen molar-refractivity contribution in [2.75, 3.05) is 20.8 Å². The summed E-state index contributed by atoms with van der Waals surface area (Å²) < 4.78 is 10.3. The molecular formula is C21H22N2O3. The summed E-state index contributed by atoms with van der Waals surface area (Å²) in [6.07, 6.45) is 0. The number of nitrogens with one attached hydrogen (secondary N) is 1. The first-order chi connectivity index (χ1) is 12.6. The van der Waals surface area contributed by atoms with E-state index in [4.69, 9.17) is 14.5 Å². The molecule has 0 aliphatic carbocycles. The molecule has 0 aliphatic heterocycles. The lowest BCUT2D eigenvalue weighted by Crippen LogP contribution is -2.35. The number of hydrogen-bond donors (Lipinski definition) is 1. The van der Waals surface area contributed by atoms with Crippen LogP contribution >= 0.6 is 0 Å². The number of methoxy groups -OCH3 is 2. The molecule has 134 valence electrons. The second kappa shape index (κ2) is 7.97. The molecule has 0 saturated heterocycles. The van der Waals surface area contributed by atoms with E-state index in [2.05, 4.69) is 5.32 Å². The number of nitrogens with zero attached hydrogens (tertiary/aromatic N) is 1. The molecule has 1 atom stereocenters. The van der Waals surface area contributed by atoms with E-state index in [1.54, 1.807) is 14.2 Å². The Morgan fingerprint density at radius 3 is 2.54 bits per heavy atom. The lowest BCUT2D eigenvalue weighted by molar-refractivity contribution is 0.0907. The Kier molecular flexibility index (Phi) is 5.49. The zero-order chi connectivity index (χ0) is 18.5. The molecule has 0 bridgehead atoms. The number of para-hydroxylation sites is 1. The molecule has 0 unspecified atom stereocenters. The Morgan fingerprint density at radius 2 is 1.85 bits per heavy atom. The second-order valence-corrected chi connectivity index (χ2v) is 6.13. The van der Waals surface area contributed by atoms with Gasteiger partial charge in [0.05, 0.1) is 30.5 Å². The van der Waals surface area contributed by atoms with Gasteiger partial charge in [0.1, 0.15) is 5.75 Å². The average molecular weight is 350 g/mol. The van der Waals surface area contributed by atoms with Crippen molar-refractivity contribution in [2.24, 2.45) is 0 Å². The van der Waals surface area contributed by atoms with Gasteiger partial charge in [-0.2, -0.15) is 0 Å². The van der Waals surface area contributed by atoms with E-state index in [1.165, 1.54) is 0 Å². The zero-order valence-electron chi connectivity index (χ0n) is 15.2. The van der Waals surface area contributed by atoms with Crippen molar-refractivity contribution in [3.05, 3.63) is 60.2 Å². The highest BCUT2D eigenvalue weighted by Gasteiger charge is 2.15. The average Bonchev–Trinajstić information content (AvgIpc) is 2.67. The number of hydrogen-bond acceptors (Lipinski definition) is 4. The van der Waals surface area contributed by atoms with Gasteiger partial charge in [0.25, 0.3) is 5.91 Å². The molecule has 0 spiro atoms. The smallest absolute Gasteiger partial charge is 0.252 e. The van der Waals surface area contributed by atoms with Crippen LogP contribution in [-0.4, -0.2) is 37.8 Å². The number of carbonyl (C=O) groups excluding carboxylic acids is 1. The number of rotatable bonds is 6. The van der Waals surface area contributed by atoms with Crippen LogP contribution in [0.3, 0.4) is 0 Å². The van der Waals surface area contributed by atoms with Crippen LogP contribution in [0.15, 0.2) is 54.6 Å². The summed E-state index contributed by atoms with van der Waals surface area (Å²) in [5, 5.41) is 3.80. The van der Waals surface area contributed by atoms with Crippen molar-refractivity contribution in [3.63, 3.8) is 0 Å². The van der Waals surface area contributed by atoms with E-state index in [9.17, 15) is 4.79 Å². The lowest BCUT2D eigenvalue weighted by Gasteiger charge is -2.15.